The van der Waals surface area contributed by atoms with Crippen LogP contribution in [0.15, 0.2) is 12.4 Å². The standard InChI is InChI=1S/C9H16N4O/c1-3-6(2)8(10)9(14)13-7-4-11-12-5-7/h4-6,8H,3,10H2,1-2H3,(H,11,12)(H,13,14)/t6-,8-/m0/s1. The van der Waals surface area contributed by atoms with Crippen molar-refractivity contribution in [2.45, 2.75) is 26.3 Å². The summed E-state index contributed by atoms with van der Waals surface area (Å²) in [5.74, 6) is 0.0163. The smallest absolute Gasteiger partial charge is 0.241 e. The average molecular weight is 196 g/mol. The Morgan fingerprint density at radius 1 is 1.79 bits per heavy atom. The van der Waals surface area contributed by atoms with Crippen LogP contribution in [0.3, 0.4) is 0 Å². The van der Waals surface area contributed by atoms with Crippen molar-refractivity contribution in [3.05, 3.63) is 12.4 Å². The largest absolute Gasteiger partial charge is 0.322 e. The molecular formula is C9H16N4O. The molecule has 0 fully saturated rings. The third-order valence-electron chi connectivity index (χ3n) is 2.33. The Hall–Kier alpha value is -1.36. The molecule has 14 heavy (non-hydrogen) atoms. The number of hydrogen-bond donors (Lipinski definition) is 3. The monoisotopic (exact) mass is 196 g/mol. The van der Waals surface area contributed by atoms with Gasteiger partial charge in [-0.05, 0) is 5.92 Å². The van der Waals surface area contributed by atoms with Gasteiger partial charge in [-0.3, -0.25) is 9.89 Å². The molecule has 5 heteroatoms. The molecule has 0 aliphatic heterocycles. The average Bonchev–Trinajstić information content (AvgIpc) is 2.68. The number of carbonyl (C=O) groups excluding carboxylic acids is 1. The van der Waals surface area contributed by atoms with Gasteiger partial charge in [0.2, 0.25) is 5.91 Å². The van der Waals surface area contributed by atoms with Gasteiger partial charge in [0.25, 0.3) is 0 Å². The van der Waals surface area contributed by atoms with Crippen LogP contribution in [0.4, 0.5) is 5.69 Å². The van der Waals surface area contributed by atoms with Gasteiger partial charge in [0.15, 0.2) is 0 Å². The van der Waals surface area contributed by atoms with Crippen LogP contribution in [-0.2, 0) is 4.79 Å². The Kier molecular flexibility index (Phi) is 3.64. The molecule has 0 aromatic carbocycles. The summed E-state index contributed by atoms with van der Waals surface area (Å²) < 4.78 is 0. The van der Waals surface area contributed by atoms with Crippen molar-refractivity contribution in [1.29, 1.82) is 0 Å². The molecule has 1 rings (SSSR count). The number of anilines is 1. The van der Waals surface area contributed by atoms with E-state index in [0.29, 0.717) is 5.69 Å². The van der Waals surface area contributed by atoms with Gasteiger partial charge in [-0.15, -0.1) is 0 Å². The first-order valence-electron chi connectivity index (χ1n) is 4.70. The van der Waals surface area contributed by atoms with Crippen LogP contribution in [-0.4, -0.2) is 22.1 Å². The molecule has 5 nitrogen and oxygen atoms in total. The van der Waals surface area contributed by atoms with E-state index in [4.69, 9.17) is 5.73 Å². The Labute approximate surface area is 83.1 Å². The molecule has 1 amide bonds. The number of hydrogen-bond acceptors (Lipinski definition) is 3. The lowest BCUT2D eigenvalue weighted by Crippen LogP contribution is -2.40. The summed E-state index contributed by atoms with van der Waals surface area (Å²) in [6.07, 6.45) is 4.04. The highest BCUT2D eigenvalue weighted by Gasteiger charge is 2.19. The number of H-pyrrole nitrogens is 1. The van der Waals surface area contributed by atoms with E-state index in [1.54, 1.807) is 12.4 Å². The lowest BCUT2D eigenvalue weighted by Gasteiger charge is -2.16. The molecule has 0 radical (unpaired) electrons. The van der Waals surface area contributed by atoms with E-state index in [1.165, 1.54) is 0 Å². The molecule has 4 N–H and O–H groups in total. The zero-order valence-corrected chi connectivity index (χ0v) is 8.45. The Morgan fingerprint density at radius 2 is 2.50 bits per heavy atom. The van der Waals surface area contributed by atoms with Crippen LogP contribution < -0.4 is 11.1 Å². The first-order chi connectivity index (χ1) is 6.65. The molecular weight excluding hydrogens is 180 g/mol. The summed E-state index contributed by atoms with van der Waals surface area (Å²) in [7, 11) is 0. The van der Waals surface area contributed by atoms with Crippen LogP contribution in [0.1, 0.15) is 20.3 Å². The van der Waals surface area contributed by atoms with E-state index in [-0.39, 0.29) is 11.8 Å². The Balaban J connectivity index is 2.50. The second-order valence-electron chi connectivity index (χ2n) is 3.39. The fourth-order valence-corrected chi connectivity index (χ4v) is 1.06. The van der Waals surface area contributed by atoms with Crippen molar-refractivity contribution in [3.63, 3.8) is 0 Å². The molecule has 1 aromatic heterocycles. The lowest BCUT2D eigenvalue weighted by molar-refractivity contribution is -0.118. The summed E-state index contributed by atoms with van der Waals surface area (Å²) >= 11 is 0. The molecule has 0 saturated carbocycles. The topological polar surface area (TPSA) is 83.8 Å². The summed E-state index contributed by atoms with van der Waals surface area (Å²) in [5, 5.41) is 9.01. The van der Waals surface area contributed by atoms with Gasteiger partial charge in [0.05, 0.1) is 17.9 Å². The summed E-state index contributed by atoms with van der Waals surface area (Å²) in [6, 6.07) is -0.463. The maximum atomic E-state index is 11.5. The van der Waals surface area contributed by atoms with Crippen LogP contribution in [0.25, 0.3) is 0 Å². The molecule has 0 aliphatic carbocycles. The normalized spacial score (nSPS) is 14.8. The molecule has 1 aromatic rings. The number of nitrogens with one attached hydrogen (secondary N) is 2. The van der Waals surface area contributed by atoms with Gasteiger partial charge in [-0.2, -0.15) is 5.10 Å². The van der Waals surface area contributed by atoms with Gasteiger partial charge in [0.1, 0.15) is 0 Å². The van der Waals surface area contributed by atoms with E-state index in [0.717, 1.165) is 6.42 Å². The van der Waals surface area contributed by atoms with Crippen molar-refractivity contribution in [1.82, 2.24) is 10.2 Å². The second kappa shape index (κ2) is 4.76. The fraction of sp³-hybridized carbons (Fsp3) is 0.556. The van der Waals surface area contributed by atoms with Gasteiger partial charge >= 0.3 is 0 Å². The van der Waals surface area contributed by atoms with E-state index in [2.05, 4.69) is 15.5 Å². The fourth-order valence-electron chi connectivity index (χ4n) is 1.06. The summed E-state index contributed by atoms with van der Waals surface area (Å²) in [6.45, 7) is 3.97. The number of carbonyl (C=O) groups is 1. The number of aromatic nitrogens is 2. The lowest BCUT2D eigenvalue weighted by atomic mass is 9.99. The molecule has 2 atom stereocenters. The highest BCUT2D eigenvalue weighted by molar-refractivity contribution is 5.94. The van der Waals surface area contributed by atoms with Gasteiger partial charge in [-0.1, -0.05) is 20.3 Å². The maximum Gasteiger partial charge on any atom is 0.241 e. The third kappa shape index (κ3) is 2.56. The maximum absolute atomic E-state index is 11.5. The second-order valence-corrected chi connectivity index (χ2v) is 3.39. The van der Waals surface area contributed by atoms with Crippen LogP contribution in [0, 0.1) is 5.92 Å². The summed E-state index contributed by atoms with van der Waals surface area (Å²) in [4.78, 5) is 11.5. The van der Waals surface area contributed by atoms with Crippen LogP contribution >= 0.6 is 0 Å². The predicted molar refractivity (Wildman–Crippen MR) is 54.6 cm³/mol. The third-order valence-corrected chi connectivity index (χ3v) is 2.33. The predicted octanol–water partition coefficient (Wildman–Crippen LogP) is 0.722. The Bertz CT molecular complexity index is 283. The molecule has 0 bridgehead atoms. The molecule has 1 heterocycles. The van der Waals surface area contributed by atoms with E-state index >= 15 is 0 Å². The van der Waals surface area contributed by atoms with Gasteiger partial charge < -0.3 is 11.1 Å². The highest BCUT2D eigenvalue weighted by Crippen LogP contribution is 2.08. The van der Waals surface area contributed by atoms with Crippen LogP contribution in [0.2, 0.25) is 0 Å². The van der Waals surface area contributed by atoms with Crippen LogP contribution in [0.5, 0.6) is 0 Å². The number of amides is 1. The van der Waals surface area contributed by atoms with Crippen molar-refractivity contribution in [2.75, 3.05) is 5.32 Å². The number of nitrogens with zero attached hydrogens (tertiary/aromatic N) is 1. The zero-order chi connectivity index (χ0) is 10.6. The highest BCUT2D eigenvalue weighted by atomic mass is 16.2. The van der Waals surface area contributed by atoms with E-state index in [9.17, 15) is 4.79 Å². The van der Waals surface area contributed by atoms with Crippen molar-refractivity contribution >= 4 is 11.6 Å². The first-order valence-corrected chi connectivity index (χ1v) is 4.70. The van der Waals surface area contributed by atoms with Crippen molar-refractivity contribution in [3.8, 4) is 0 Å². The molecule has 0 saturated heterocycles. The number of nitrogens with two attached hydrogens (primary N) is 1. The quantitative estimate of drug-likeness (QED) is 0.663. The minimum atomic E-state index is -0.463. The minimum absolute atomic E-state index is 0.166. The molecule has 0 aliphatic rings. The number of rotatable bonds is 4. The summed E-state index contributed by atoms with van der Waals surface area (Å²) in [5.41, 5.74) is 6.39. The van der Waals surface area contributed by atoms with E-state index < -0.39 is 6.04 Å². The number of aromatic amines is 1. The van der Waals surface area contributed by atoms with E-state index in [1.807, 2.05) is 13.8 Å². The molecule has 0 unspecified atom stereocenters. The van der Waals surface area contributed by atoms with Gasteiger partial charge in [0, 0.05) is 6.20 Å². The SMILES string of the molecule is CC[C@H](C)[C@H](N)C(=O)Nc1cn[nH]c1. The van der Waals surface area contributed by atoms with Crippen molar-refractivity contribution in [2.24, 2.45) is 11.7 Å². The van der Waals surface area contributed by atoms with Crippen molar-refractivity contribution < 1.29 is 4.79 Å². The zero-order valence-electron chi connectivity index (χ0n) is 8.45. The first kappa shape index (κ1) is 10.7. The van der Waals surface area contributed by atoms with Gasteiger partial charge in [-0.25, -0.2) is 0 Å². The minimum Gasteiger partial charge on any atom is -0.322 e. The Morgan fingerprint density at radius 3 is 3.00 bits per heavy atom. The molecule has 78 valence electrons. The molecule has 0 spiro atoms.